The van der Waals surface area contributed by atoms with Crippen LogP contribution >= 0.6 is 11.3 Å². The van der Waals surface area contributed by atoms with Gasteiger partial charge in [0.15, 0.2) is 0 Å². The van der Waals surface area contributed by atoms with E-state index in [0.29, 0.717) is 6.61 Å². The summed E-state index contributed by atoms with van der Waals surface area (Å²) in [5.74, 6) is 0.890. The van der Waals surface area contributed by atoms with Gasteiger partial charge in [0.2, 0.25) is 0 Å². The van der Waals surface area contributed by atoms with Crippen LogP contribution in [0.2, 0.25) is 0 Å². The Bertz CT molecular complexity index is 624. The lowest BCUT2D eigenvalue weighted by atomic mass is 10.2. The molecule has 0 amide bonds. The fourth-order valence-corrected chi connectivity index (χ4v) is 3.42. The van der Waals surface area contributed by atoms with Crippen LogP contribution in [0.4, 0.5) is 0 Å². The molecule has 0 atom stereocenters. The summed E-state index contributed by atoms with van der Waals surface area (Å²) in [6.45, 7) is 9.53. The third-order valence-electron chi connectivity index (χ3n) is 4.24. The second-order valence-electron chi connectivity index (χ2n) is 6.27. The van der Waals surface area contributed by atoms with E-state index in [-0.39, 0.29) is 0 Å². The average molecular weight is 362 g/mol. The zero-order valence-electron chi connectivity index (χ0n) is 14.9. The maximum absolute atomic E-state index is 5.78. The third-order valence-corrected chi connectivity index (χ3v) is 5.06. The van der Waals surface area contributed by atoms with Gasteiger partial charge >= 0.3 is 0 Å². The molecule has 1 fully saturated rings. The third kappa shape index (κ3) is 6.40. The van der Waals surface area contributed by atoms with Crippen LogP contribution < -0.4 is 10.1 Å². The number of rotatable bonds is 9. The smallest absolute Gasteiger partial charge is 0.131 e. The monoisotopic (exact) mass is 361 g/mol. The summed E-state index contributed by atoms with van der Waals surface area (Å²) in [7, 11) is 0. The standard InChI is InChI=1S/C19H27N3O2S/c1-16-21-18(15-25-16)14-24-19-5-3-17(4-6-19)13-20-7-2-8-22-9-11-23-12-10-22/h3-6,15,20H,2,7-14H2,1H3. The molecule has 0 bridgehead atoms. The molecule has 1 N–H and O–H groups in total. The van der Waals surface area contributed by atoms with Gasteiger partial charge < -0.3 is 14.8 Å². The lowest BCUT2D eigenvalue weighted by Gasteiger charge is -2.26. The van der Waals surface area contributed by atoms with E-state index in [2.05, 4.69) is 27.3 Å². The fourth-order valence-electron chi connectivity index (χ4n) is 2.82. The van der Waals surface area contributed by atoms with Gasteiger partial charge in [-0.05, 0) is 44.1 Å². The van der Waals surface area contributed by atoms with E-state index in [1.807, 2.05) is 24.4 Å². The number of hydrogen-bond donors (Lipinski definition) is 1. The number of aryl methyl sites for hydroxylation is 1. The highest BCUT2D eigenvalue weighted by atomic mass is 32.1. The molecule has 0 unspecified atom stereocenters. The van der Waals surface area contributed by atoms with Gasteiger partial charge in [-0.25, -0.2) is 4.98 Å². The molecule has 1 aromatic carbocycles. The second-order valence-corrected chi connectivity index (χ2v) is 7.34. The van der Waals surface area contributed by atoms with Crippen molar-refractivity contribution in [2.75, 3.05) is 39.4 Å². The van der Waals surface area contributed by atoms with E-state index in [1.165, 1.54) is 12.0 Å². The van der Waals surface area contributed by atoms with Gasteiger partial charge in [0.05, 0.1) is 23.9 Å². The molecule has 0 aliphatic carbocycles. The Morgan fingerprint density at radius 3 is 2.76 bits per heavy atom. The Morgan fingerprint density at radius 1 is 1.24 bits per heavy atom. The van der Waals surface area contributed by atoms with Crippen molar-refractivity contribution in [3.63, 3.8) is 0 Å². The number of aromatic nitrogens is 1. The molecule has 1 saturated heterocycles. The van der Waals surface area contributed by atoms with Crippen molar-refractivity contribution in [3.05, 3.63) is 45.9 Å². The van der Waals surface area contributed by atoms with Crippen LogP contribution in [-0.2, 0) is 17.9 Å². The SMILES string of the molecule is Cc1nc(COc2ccc(CNCCCN3CCOCC3)cc2)cs1. The van der Waals surface area contributed by atoms with Crippen molar-refractivity contribution in [3.8, 4) is 5.75 Å². The molecule has 0 radical (unpaired) electrons. The van der Waals surface area contributed by atoms with Gasteiger partial charge in [0.25, 0.3) is 0 Å². The minimum absolute atomic E-state index is 0.531. The predicted molar refractivity (Wildman–Crippen MR) is 101 cm³/mol. The first kappa shape index (κ1) is 18.3. The number of ether oxygens (including phenoxy) is 2. The summed E-state index contributed by atoms with van der Waals surface area (Å²) in [4.78, 5) is 6.88. The summed E-state index contributed by atoms with van der Waals surface area (Å²) >= 11 is 1.66. The van der Waals surface area contributed by atoms with Crippen molar-refractivity contribution < 1.29 is 9.47 Å². The predicted octanol–water partition coefficient (Wildman–Crippen LogP) is 2.84. The molecule has 0 saturated carbocycles. The van der Waals surface area contributed by atoms with E-state index in [0.717, 1.165) is 62.4 Å². The Hall–Kier alpha value is -1.47. The van der Waals surface area contributed by atoms with Crippen LogP contribution in [0.5, 0.6) is 5.75 Å². The van der Waals surface area contributed by atoms with Gasteiger partial charge in [0, 0.05) is 25.0 Å². The van der Waals surface area contributed by atoms with Crippen molar-refractivity contribution in [1.82, 2.24) is 15.2 Å². The molecule has 136 valence electrons. The van der Waals surface area contributed by atoms with Crippen LogP contribution in [0.25, 0.3) is 0 Å². The van der Waals surface area contributed by atoms with Crippen molar-refractivity contribution in [2.45, 2.75) is 26.5 Å². The summed E-state index contributed by atoms with van der Waals surface area (Å²) in [6.07, 6.45) is 1.17. The van der Waals surface area contributed by atoms with E-state index >= 15 is 0 Å². The maximum Gasteiger partial charge on any atom is 0.131 e. The lowest BCUT2D eigenvalue weighted by Crippen LogP contribution is -2.37. The van der Waals surface area contributed by atoms with E-state index in [1.54, 1.807) is 11.3 Å². The van der Waals surface area contributed by atoms with Gasteiger partial charge in [-0.3, -0.25) is 4.90 Å². The number of nitrogens with zero attached hydrogens (tertiary/aromatic N) is 2. The molecule has 1 aromatic heterocycles. The fraction of sp³-hybridized carbons (Fsp3) is 0.526. The average Bonchev–Trinajstić information content (AvgIpc) is 3.07. The number of morpholine rings is 1. The topological polar surface area (TPSA) is 46.6 Å². The molecule has 0 spiro atoms. The molecule has 1 aliphatic heterocycles. The quantitative estimate of drug-likeness (QED) is 0.696. The Labute approximate surface area is 154 Å². The Balaban J connectivity index is 1.30. The first-order chi connectivity index (χ1) is 12.3. The highest BCUT2D eigenvalue weighted by molar-refractivity contribution is 7.09. The first-order valence-corrected chi connectivity index (χ1v) is 9.81. The zero-order chi connectivity index (χ0) is 17.3. The molecule has 5 nitrogen and oxygen atoms in total. The number of nitrogens with one attached hydrogen (secondary N) is 1. The molecule has 6 heteroatoms. The molecular weight excluding hydrogens is 334 g/mol. The second kappa shape index (κ2) is 9.87. The van der Waals surface area contributed by atoms with Crippen LogP contribution in [0.15, 0.2) is 29.6 Å². The van der Waals surface area contributed by atoms with E-state index in [9.17, 15) is 0 Å². The highest BCUT2D eigenvalue weighted by Crippen LogP contribution is 2.15. The van der Waals surface area contributed by atoms with Crippen LogP contribution in [0.1, 0.15) is 22.7 Å². The van der Waals surface area contributed by atoms with Crippen LogP contribution in [0, 0.1) is 6.92 Å². The maximum atomic E-state index is 5.78. The first-order valence-electron chi connectivity index (χ1n) is 8.93. The van der Waals surface area contributed by atoms with Crippen molar-refractivity contribution >= 4 is 11.3 Å². The van der Waals surface area contributed by atoms with Gasteiger partial charge in [-0.2, -0.15) is 0 Å². The van der Waals surface area contributed by atoms with Gasteiger partial charge in [-0.15, -0.1) is 11.3 Å². The Morgan fingerprint density at radius 2 is 2.04 bits per heavy atom. The van der Waals surface area contributed by atoms with Gasteiger partial charge in [-0.1, -0.05) is 12.1 Å². The van der Waals surface area contributed by atoms with Crippen LogP contribution in [0.3, 0.4) is 0 Å². The zero-order valence-corrected chi connectivity index (χ0v) is 15.7. The summed E-state index contributed by atoms with van der Waals surface area (Å²) in [5, 5.41) is 6.64. The van der Waals surface area contributed by atoms with E-state index < -0.39 is 0 Å². The number of hydrogen-bond acceptors (Lipinski definition) is 6. The Kier molecular flexibility index (Phi) is 7.23. The summed E-state index contributed by atoms with van der Waals surface area (Å²) < 4.78 is 11.1. The summed E-state index contributed by atoms with van der Waals surface area (Å²) in [5.41, 5.74) is 2.27. The number of thiazole rings is 1. The normalized spacial score (nSPS) is 15.4. The minimum Gasteiger partial charge on any atom is -0.487 e. The summed E-state index contributed by atoms with van der Waals surface area (Å²) in [6, 6.07) is 8.31. The van der Waals surface area contributed by atoms with E-state index in [4.69, 9.17) is 9.47 Å². The molecule has 1 aliphatic rings. The largest absolute Gasteiger partial charge is 0.487 e. The number of benzene rings is 1. The highest BCUT2D eigenvalue weighted by Gasteiger charge is 2.08. The van der Waals surface area contributed by atoms with Crippen molar-refractivity contribution in [2.24, 2.45) is 0 Å². The molecule has 2 aromatic rings. The molecule has 2 heterocycles. The molecular formula is C19H27N3O2S. The van der Waals surface area contributed by atoms with Crippen LogP contribution in [-0.4, -0.2) is 49.3 Å². The van der Waals surface area contributed by atoms with Gasteiger partial charge in [0.1, 0.15) is 12.4 Å². The molecule has 25 heavy (non-hydrogen) atoms. The van der Waals surface area contributed by atoms with Crippen molar-refractivity contribution in [1.29, 1.82) is 0 Å². The molecule has 3 rings (SSSR count). The minimum atomic E-state index is 0.531. The lowest BCUT2D eigenvalue weighted by molar-refractivity contribution is 0.0374.